The van der Waals surface area contributed by atoms with Crippen molar-refractivity contribution in [3.8, 4) is 0 Å². The smallest absolute Gasteiger partial charge is 0.225 e. The van der Waals surface area contributed by atoms with E-state index in [0.29, 0.717) is 13.0 Å². The van der Waals surface area contributed by atoms with E-state index < -0.39 is 0 Å². The monoisotopic (exact) mass is 396 g/mol. The van der Waals surface area contributed by atoms with Gasteiger partial charge in [-0.3, -0.25) is 9.79 Å². The van der Waals surface area contributed by atoms with Crippen molar-refractivity contribution in [2.75, 3.05) is 25.5 Å². The number of hydrogen-bond donors (Lipinski definition) is 3. The first-order valence-corrected chi connectivity index (χ1v) is 10.1. The lowest BCUT2D eigenvalue weighted by molar-refractivity contribution is -0.116. The van der Waals surface area contributed by atoms with E-state index in [1.54, 1.807) is 7.05 Å². The Hall–Kier alpha value is -2.53. The summed E-state index contributed by atoms with van der Waals surface area (Å²) < 4.78 is 0. The van der Waals surface area contributed by atoms with Crippen LogP contribution < -0.4 is 16.0 Å². The van der Waals surface area contributed by atoms with Crippen molar-refractivity contribution in [2.45, 2.75) is 30.6 Å². The van der Waals surface area contributed by atoms with Gasteiger partial charge in [0.2, 0.25) is 5.91 Å². The minimum atomic E-state index is 0.0631. The number of amides is 1. The normalized spacial score (nSPS) is 20.1. The minimum Gasteiger partial charge on any atom is -0.356 e. The molecule has 1 fully saturated rings. The molecule has 1 saturated carbocycles. The van der Waals surface area contributed by atoms with Crippen LogP contribution in [0.5, 0.6) is 0 Å². The SMILES string of the molecule is CN=C(NCC1CC(=O)Nc2ccccc21)NCC1(c2ccc(Cl)cc2)CC1. The van der Waals surface area contributed by atoms with Crippen molar-refractivity contribution in [1.29, 1.82) is 0 Å². The van der Waals surface area contributed by atoms with Crippen molar-refractivity contribution in [1.82, 2.24) is 10.6 Å². The van der Waals surface area contributed by atoms with Crippen molar-refractivity contribution < 1.29 is 4.79 Å². The number of rotatable bonds is 5. The maximum Gasteiger partial charge on any atom is 0.225 e. The van der Waals surface area contributed by atoms with E-state index in [-0.39, 0.29) is 17.2 Å². The number of fused-ring (bicyclic) bond motifs is 1. The van der Waals surface area contributed by atoms with Crippen molar-refractivity contribution in [3.05, 3.63) is 64.7 Å². The number of benzene rings is 2. The fourth-order valence-electron chi connectivity index (χ4n) is 3.90. The number of hydrogen-bond acceptors (Lipinski definition) is 2. The number of nitrogens with zero attached hydrogens (tertiary/aromatic N) is 1. The summed E-state index contributed by atoms with van der Waals surface area (Å²) in [6.07, 6.45) is 2.80. The van der Waals surface area contributed by atoms with E-state index in [9.17, 15) is 4.79 Å². The molecule has 2 aliphatic rings. The van der Waals surface area contributed by atoms with Gasteiger partial charge in [-0.2, -0.15) is 0 Å². The molecular weight excluding hydrogens is 372 g/mol. The maximum atomic E-state index is 12.0. The lowest BCUT2D eigenvalue weighted by Gasteiger charge is -2.26. The van der Waals surface area contributed by atoms with Crippen LogP contribution >= 0.6 is 11.6 Å². The second-order valence-electron chi connectivity index (χ2n) is 7.63. The van der Waals surface area contributed by atoms with Crippen LogP contribution in [-0.2, 0) is 10.2 Å². The van der Waals surface area contributed by atoms with Crippen LogP contribution in [-0.4, -0.2) is 32.0 Å². The van der Waals surface area contributed by atoms with Gasteiger partial charge in [-0.05, 0) is 42.2 Å². The van der Waals surface area contributed by atoms with Gasteiger partial charge in [0.1, 0.15) is 0 Å². The highest BCUT2D eigenvalue weighted by Crippen LogP contribution is 2.47. The van der Waals surface area contributed by atoms with Gasteiger partial charge in [-0.1, -0.05) is 41.9 Å². The predicted molar refractivity (Wildman–Crippen MR) is 114 cm³/mol. The molecule has 1 atom stereocenters. The number of anilines is 1. The van der Waals surface area contributed by atoms with Gasteiger partial charge < -0.3 is 16.0 Å². The van der Waals surface area contributed by atoms with E-state index in [4.69, 9.17) is 11.6 Å². The Kier molecular flexibility index (Phi) is 5.27. The largest absolute Gasteiger partial charge is 0.356 e. The molecule has 6 heteroatoms. The number of halogens is 1. The molecule has 4 rings (SSSR count). The molecule has 146 valence electrons. The van der Waals surface area contributed by atoms with Crippen molar-refractivity contribution >= 4 is 29.2 Å². The molecule has 1 aliphatic carbocycles. The highest BCUT2D eigenvalue weighted by atomic mass is 35.5. The summed E-state index contributed by atoms with van der Waals surface area (Å²) in [6.45, 7) is 1.49. The molecule has 1 amide bonds. The summed E-state index contributed by atoms with van der Waals surface area (Å²) in [5.41, 5.74) is 3.57. The summed E-state index contributed by atoms with van der Waals surface area (Å²) >= 11 is 6.02. The first-order chi connectivity index (χ1) is 13.6. The highest BCUT2D eigenvalue weighted by molar-refractivity contribution is 6.30. The van der Waals surface area contributed by atoms with Gasteiger partial charge in [0.25, 0.3) is 0 Å². The third kappa shape index (κ3) is 3.99. The average molecular weight is 397 g/mol. The Morgan fingerprint density at radius 3 is 2.64 bits per heavy atom. The van der Waals surface area contributed by atoms with E-state index in [1.807, 2.05) is 30.3 Å². The van der Waals surface area contributed by atoms with Gasteiger partial charge in [-0.25, -0.2) is 0 Å². The molecule has 2 aromatic rings. The second-order valence-corrected chi connectivity index (χ2v) is 8.07. The molecule has 1 unspecified atom stereocenters. The first kappa shape index (κ1) is 18.8. The van der Waals surface area contributed by atoms with E-state index in [1.165, 1.54) is 11.1 Å². The quantitative estimate of drug-likeness (QED) is 0.533. The molecule has 1 heterocycles. The highest BCUT2D eigenvalue weighted by Gasteiger charge is 2.44. The van der Waals surface area contributed by atoms with Crippen molar-refractivity contribution in [2.24, 2.45) is 4.99 Å². The molecule has 2 aromatic carbocycles. The molecule has 28 heavy (non-hydrogen) atoms. The Balaban J connectivity index is 1.36. The fourth-order valence-corrected chi connectivity index (χ4v) is 4.03. The van der Waals surface area contributed by atoms with Gasteiger partial charge >= 0.3 is 0 Å². The van der Waals surface area contributed by atoms with Crippen LogP contribution in [0.15, 0.2) is 53.5 Å². The maximum absolute atomic E-state index is 12.0. The summed E-state index contributed by atoms with van der Waals surface area (Å²) in [5, 5.41) is 10.6. The lowest BCUT2D eigenvalue weighted by atomic mass is 9.90. The number of nitrogens with one attached hydrogen (secondary N) is 3. The third-order valence-electron chi connectivity index (χ3n) is 5.75. The van der Waals surface area contributed by atoms with Gasteiger partial charge in [0, 0.05) is 48.6 Å². The zero-order valence-corrected chi connectivity index (χ0v) is 16.7. The molecular formula is C22H25ClN4O. The lowest BCUT2D eigenvalue weighted by Crippen LogP contribution is -2.43. The van der Waals surface area contributed by atoms with Crippen molar-refractivity contribution in [3.63, 3.8) is 0 Å². The summed E-state index contributed by atoms with van der Waals surface area (Å²) in [4.78, 5) is 16.4. The fraction of sp³-hybridized carbons (Fsp3) is 0.364. The van der Waals surface area contributed by atoms with Crippen LogP contribution in [0, 0.1) is 0 Å². The second kappa shape index (κ2) is 7.84. The summed E-state index contributed by atoms with van der Waals surface area (Å²) in [7, 11) is 1.78. The Morgan fingerprint density at radius 2 is 1.93 bits per heavy atom. The van der Waals surface area contributed by atoms with E-state index in [0.717, 1.165) is 36.1 Å². The van der Waals surface area contributed by atoms with Crippen LogP contribution in [0.1, 0.15) is 36.3 Å². The average Bonchev–Trinajstić information content (AvgIpc) is 3.49. The topological polar surface area (TPSA) is 65.5 Å². The number of carbonyl (C=O) groups excluding carboxylic acids is 1. The van der Waals surface area contributed by atoms with Gasteiger partial charge in [-0.15, -0.1) is 0 Å². The number of aliphatic imine (C=N–C) groups is 1. The predicted octanol–water partition coefficient (Wildman–Crippen LogP) is 3.66. The third-order valence-corrected chi connectivity index (χ3v) is 6.00. The zero-order chi connectivity index (χ0) is 19.6. The summed E-state index contributed by atoms with van der Waals surface area (Å²) in [5.74, 6) is 0.964. The molecule has 0 spiro atoms. The van der Waals surface area contributed by atoms with Crippen LogP contribution in [0.4, 0.5) is 5.69 Å². The van der Waals surface area contributed by atoms with Crippen LogP contribution in [0.2, 0.25) is 5.02 Å². The molecule has 0 radical (unpaired) electrons. The van der Waals surface area contributed by atoms with Gasteiger partial charge in [0.15, 0.2) is 5.96 Å². The zero-order valence-electron chi connectivity index (χ0n) is 16.0. The van der Waals surface area contributed by atoms with E-state index >= 15 is 0 Å². The van der Waals surface area contributed by atoms with Crippen LogP contribution in [0.3, 0.4) is 0 Å². The Bertz CT molecular complexity index is 890. The number of carbonyl (C=O) groups is 1. The van der Waals surface area contributed by atoms with Crippen LogP contribution in [0.25, 0.3) is 0 Å². The number of guanidine groups is 1. The first-order valence-electron chi connectivity index (χ1n) is 9.69. The standard InChI is InChI=1S/C22H25ClN4O/c1-24-21(26-14-22(10-11-22)16-6-8-17(23)9-7-16)25-13-15-12-20(28)27-19-5-3-2-4-18(15)19/h2-9,15H,10-14H2,1H3,(H,27,28)(H2,24,25,26). The number of para-hydroxylation sites is 1. The molecule has 5 nitrogen and oxygen atoms in total. The molecule has 3 N–H and O–H groups in total. The van der Waals surface area contributed by atoms with Gasteiger partial charge in [0.05, 0.1) is 0 Å². The van der Waals surface area contributed by atoms with E-state index in [2.05, 4.69) is 39.1 Å². The molecule has 0 aromatic heterocycles. The summed E-state index contributed by atoms with van der Waals surface area (Å²) in [6, 6.07) is 16.1. The minimum absolute atomic E-state index is 0.0631. The molecule has 1 aliphatic heterocycles. The molecule has 0 bridgehead atoms. The Morgan fingerprint density at radius 1 is 1.18 bits per heavy atom. The molecule has 0 saturated heterocycles. The Labute approximate surface area is 170 Å².